The molecular weight excluding hydrogens is 309 g/mol. The Labute approximate surface area is 128 Å². The van der Waals surface area contributed by atoms with Gasteiger partial charge in [-0.25, -0.2) is 15.0 Å². The van der Waals surface area contributed by atoms with Crippen molar-refractivity contribution >= 4 is 25.8 Å². The van der Waals surface area contributed by atoms with Crippen LogP contribution in [0.5, 0.6) is 0 Å². The van der Waals surface area contributed by atoms with Gasteiger partial charge in [0.05, 0.1) is 12.9 Å². The molecule has 0 aliphatic carbocycles. The largest absolute Gasteiger partial charge is 0.387 e. The Bertz CT molecular complexity index is 653. The van der Waals surface area contributed by atoms with Crippen molar-refractivity contribution in [1.29, 1.82) is 0 Å². The molecule has 22 heavy (non-hydrogen) atoms. The van der Waals surface area contributed by atoms with Gasteiger partial charge in [-0.15, -0.1) is 0 Å². The van der Waals surface area contributed by atoms with Crippen LogP contribution in [0.2, 0.25) is 0 Å². The molecule has 1 saturated heterocycles. The number of fused-ring (bicyclic) bond motifs is 1. The van der Waals surface area contributed by atoms with Gasteiger partial charge in [0, 0.05) is 15.9 Å². The minimum Gasteiger partial charge on any atom is -0.387 e. The predicted octanol–water partition coefficient (Wildman–Crippen LogP) is -0.0783. The fourth-order valence-corrected chi connectivity index (χ4v) is 2.89. The Hall–Kier alpha value is -1.38. The van der Waals surface area contributed by atoms with E-state index in [2.05, 4.69) is 15.0 Å². The molecule has 3 heterocycles. The van der Waals surface area contributed by atoms with Gasteiger partial charge in [0.25, 0.3) is 0 Å². The molecule has 5 atom stereocenters. The van der Waals surface area contributed by atoms with Gasteiger partial charge in [0.1, 0.15) is 30.2 Å². The number of hydrogen-bond donors (Lipinski definition) is 2. The van der Waals surface area contributed by atoms with Gasteiger partial charge in [-0.05, 0) is 6.66 Å². The lowest BCUT2D eigenvalue weighted by Crippen LogP contribution is -2.34. The summed E-state index contributed by atoms with van der Waals surface area (Å²) in [5.41, 5.74) is 6.81. The van der Waals surface area contributed by atoms with E-state index in [-0.39, 0.29) is 0 Å². The number of rotatable bonds is 5. The Morgan fingerprint density at radius 2 is 2.27 bits per heavy atom. The number of imidazole rings is 1. The van der Waals surface area contributed by atoms with Gasteiger partial charge in [-0.1, -0.05) is 0 Å². The van der Waals surface area contributed by atoms with E-state index in [1.165, 1.54) is 13.4 Å². The lowest BCUT2D eigenvalue weighted by Gasteiger charge is -2.19. The number of aliphatic hydroxyl groups excluding tert-OH is 1. The van der Waals surface area contributed by atoms with Crippen molar-refractivity contribution in [2.45, 2.75) is 24.5 Å². The van der Waals surface area contributed by atoms with E-state index in [4.69, 9.17) is 19.7 Å². The molecular formula is C12H18N5O4P. The van der Waals surface area contributed by atoms with Crippen molar-refractivity contribution in [3.05, 3.63) is 12.7 Å². The van der Waals surface area contributed by atoms with E-state index in [0.717, 1.165) is 0 Å². The molecule has 0 aromatic carbocycles. The highest BCUT2D eigenvalue weighted by atomic mass is 31.1. The number of methoxy groups -OCH3 is 1. The van der Waals surface area contributed by atoms with Crippen LogP contribution in [0.25, 0.3) is 11.2 Å². The first-order chi connectivity index (χ1) is 10.7. The molecule has 0 saturated carbocycles. The molecule has 5 unspecified atom stereocenters. The maximum absolute atomic E-state index is 10.4. The van der Waals surface area contributed by atoms with Crippen molar-refractivity contribution in [3.8, 4) is 0 Å². The molecule has 3 N–H and O–H groups in total. The van der Waals surface area contributed by atoms with Crippen molar-refractivity contribution in [3.63, 3.8) is 0 Å². The Balaban J connectivity index is 1.93. The van der Waals surface area contributed by atoms with E-state index >= 15 is 0 Å². The van der Waals surface area contributed by atoms with Gasteiger partial charge in [0.15, 0.2) is 17.7 Å². The molecule has 1 aliphatic rings. The van der Waals surface area contributed by atoms with E-state index in [9.17, 15) is 5.11 Å². The minimum absolute atomic E-state index is 0.295. The first-order valence-corrected chi connectivity index (χ1v) is 8.16. The third-order valence-electron chi connectivity index (χ3n) is 3.64. The zero-order chi connectivity index (χ0) is 15.7. The lowest BCUT2D eigenvalue weighted by molar-refractivity contribution is -0.0550. The van der Waals surface area contributed by atoms with E-state index in [1.807, 2.05) is 6.66 Å². The van der Waals surface area contributed by atoms with Crippen LogP contribution in [-0.2, 0) is 14.0 Å². The minimum atomic E-state index is -0.803. The zero-order valence-corrected chi connectivity index (χ0v) is 13.2. The number of hydrogen-bond acceptors (Lipinski definition) is 8. The van der Waals surface area contributed by atoms with Crippen LogP contribution in [0.1, 0.15) is 6.23 Å². The number of aromatic nitrogens is 4. The SMILES string of the molecule is COC1C(O)C(COPC)OC1n1cnc2c(N)ncnc21. The van der Waals surface area contributed by atoms with Crippen LogP contribution in [0.15, 0.2) is 12.7 Å². The quantitative estimate of drug-likeness (QED) is 0.732. The molecule has 3 rings (SSSR count). The summed E-state index contributed by atoms with van der Waals surface area (Å²) in [6, 6.07) is 0. The molecule has 0 spiro atoms. The third kappa shape index (κ3) is 2.55. The average Bonchev–Trinajstić information content (AvgIpc) is 3.07. The number of aliphatic hydroxyl groups is 1. The Kier molecular flexibility index (Phi) is 4.51. The molecule has 1 fully saturated rings. The molecule has 0 bridgehead atoms. The Morgan fingerprint density at radius 1 is 1.45 bits per heavy atom. The van der Waals surface area contributed by atoms with Crippen LogP contribution in [0.4, 0.5) is 5.82 Å². The third-order valence-corrected chi connectivity index (χ3v) is 4.09. The second-order valence-corrected chi connectivity index (χ2v) is 5.55. The topological polar surface area (TPSA) is 118 Å². The first-order valence-electron chi connectivity index (χ1n) is 6.75. The fraction of sp³-hybridized carbons (Fsp3) is 0.583. The zero-order valence-electron chi connectivity index (χ0n) is 12.2. The maximum atomic E-state index is 10.4. The molecule has 0 amide bonds. The Morgan fingerprint density at radius 3 is 3.00 bits per heavy atom. The summed E-state index contributed by atoms with van der Waals surface area (Å²) >= 11 is 0. The van der Waals surface area contributed by atoms with Crippen molar-refractivity contribution in [2.75, 3.05) is 26.1 Å². The average molecular weight is 327 g/mol. The monoisotopic (exact) mass is 327 g/mol. The summed E-state index contributed by atoms with van der Waals surface area (Å²) in [7, 11) is 1.85. The van der Waals surface area contributed by atoms with E-state index in [0.29, 0.717) is 32.4 Å². The molecule has 9 nitrogen and oxygen atoms in total. The standard InChI is InChI=1S/C12H18N5O4P/c1-19-9-8(18)6(3-20-22-2)21-12(9)17-5-16-7-10(13)14-4-15-11(7)17/h4-6,8-9,12,18,22H,3H2,1-2H3,(H2,13,14,15). The highest BCUT2D eigenvalue weighted by molar-refractivity contribution is 7.31. The summed E-state index contributed by atoms with van der Waals surface area (Å²) in [5, 5.41) is 10.4. The number of nitrogens with zero attached hydrogens (tertiary/aromatic N) is 4. The van der Waals surface area contributed by atoms with Crippen LogP contribution >= 0.6 is 8.81 Å². The second kappa shape index (κ2) is 6.39. The van der Waals surface area contributed by atoms with Crippen LogP contribution in [-0.4, -0.2) is 63.3 Å². The van der Waals surface area contributed by atoms with Crippen molar-refractivity contribution in [2.24, 2.45) is 0 Å². The first kappa shape index (κ1) is 15.5. The van der Waals surface area contributed by atoms with E-state index in [1.54, 1.807) is 10.9 Å². The van der Waals surface area contributed by atoms with Crippen LogP contribution in [0.3, 0.4) is 0 Å². The molecule has 2 aromatic rings. The van der Waals surface area contributed by atoms with Crippen molar-refractivity contribution < 1.29 is 19.1 Å². The molecule has 0 radical (unpaired) electrons. The van der Waals surface area contributed by atoms with Gasteiger partial charge in [0.2, 0.25) is 0 Å². The summed E-state index contributed by atoms with van der Waals surface area (Å²) in [5.74, 6) is 0.295. The number of nitrogen functional groups attached to an aromatic ring is 1. The number of anilines is 1. The lowest BCUT2D eigenvalue weighted by atomic mass is 10.1. The molecule has 2 aromatic heterocycles. The highest BCUT2D eigenvalue weighted by Gasteiger charge is 2.45. The summed E-state index contributed by atoms with van der Waals surface area (Å²) < 4.78 is 18.4. The fourth-order valence-electron chi connectivity index (χ4n) is 2.56. The van der Waals surface area contributed by atoms with Crippen LogP contribution in [0, 0.1) is 0 Å². The summed E-state index contributed by atoms with van der Waals surface area (Å²) in [6.07, 6.45) is 0.531. The van der Waals surface area contributed by atoms with Gasteiger partial charge < -0.3 is 24.8 Å². The summed E-state index contributed by atoms with van der Waals surface area (Å²) in [6.45, 7) is 2.21. The molecule has 10 heteroatoms. The maximum Gasteiger partial charge on any atom is 0.167 e. The number of ether oxygens (including phenoxy) is 2. The number of nitrogens with two attached hydrogens (primary N) is 1. The van der Waals surface area contributed by atoms with E-state index < -0.39 is 24.5 Å². The second-order valence-electron chi connectivity index (χ2n) is 4.85. The van der Waals surface area contributed by atoms with Gasteiger partial charge in [-0.3, -0.25) is 4.57 Å². The van der Waals surface area contributed by atoms with Gasteiger partial charge >= 0.3 is 0 Å². The van der Waals surface area contributed by atoms with Crippen molar-refractivity contribution in [1.82, 2.24) is 19.5 Å². The normalized spacial score (nSPS) is 29.0. The highest BCUT2D eigenvalue weighted by Crippen LogP contribution is 2.34. The van der Waals surface area contributed by atoms with Gasteiger partial charge in [-0.2, -0.15) is 0 Å². The molecule has 120 valence electrons. The predicted molar refractivity (Wildman–Crippen MR) is 80.6 cm³/mol. The summed E-state index contributed by atoms with van der Waals surface area (Å²) in [4.78, 5) is 12.3. The van der Waals surface area contributed by atoms with Crippen LogP contribution < -0.4 is 5.73 Å². The smallest absolute Gasteiger partial charge is 0.167 e. The molecule has 1 aliphatic heterocycles.